The highest BCUT2D eigenvalue weighted by molar-refractivity contribution is 7.84. The maximum atomic E-state index is 11.3. The third-order valence-corrected chi connectivity index (χ3v) is 3.89. The van der Waals surface area contributed by atoms with Gasteiger partial charge in [-0.2, -0.15) is 0 Å². The molecule has 0 radical (unpaired) electrons. The van der Waals surface area contributed by atoms with Crippen LogP contribution in [0.4, 0.5) is 0 Å². The molecule has 2 aromatic rings. The van der Waals surface area contributed by atoms with Crippen LogP contribution in [0, 0.1) is 0 Å². The lowest BCUT2D eigenvalue weighted by molar-refractivity contribution is 0.107. The van der Waals surface area contributed by atoms with E-state index in [0.29, 0.717) is 13.2 Å². The molecule has 2 aromatic carbocycles. The Morgan fingerprint density at radius 1 is 0.900 bits per heavy atom. The summed E-state index contributed by atoms with van der Waals surface area (Å²) >= 11 is 0. The van der Waals surface area contributed by atoms with Gasteiger partial charge in [0, 0.05) is 22.0 Å². The van der Waals surface area contributed by atoms with E-state index in [1.807, 2.05) is 48.5 Å². The van der Waals surface area contributed by atoms with Crippen LogP contribution >= 0.6 is 0 Å². The van der Waals surface area contributed by atoms with Gasteiger partial charge in [-0.05, 0) is 35.4 Å². The molecule has 106 valence electrons. The van der Waals surface area contributed by atoms with Crippen molar-refractivity contribution >= 4 is 10.8 Å². The molecule has 0 heterocycles. The summed E-state index contributed by atoms with van der Waals surface area (Å²) in [7, 11) is 0.723. The molecule has 0 spiro atoms. The van der Waals surface area contributed by atoms with E-state index in [1.54, 1.807) is 13.4 Å². The van der Waals surface area contributed by atoms with E-state index in [2.05, 4.69) is 0 Å². The third kappa shape index (κ3) is 4.18. The number of rotatable bonds is 6. The van der Waals surface area contributed by atoms with E-state index >= 15 is 0 Å². The van der Waals surface area contributed by atoms with Crippen LogP contribution in [0.5, 0.6) is 5.75 Å². The largest absolute Gasteiger partial charge is 0.497 e. The van der Waals surface area contributed by atoms with Crippen molar-refractivity contribution in [3.8, 4) is 5.75 Å². The second-order valence-electron chi connectivity index (χ2n) is 4.44. The predicted octanol–water partition coefficient (Wildman–Crippen LogP) is 3.15. The quantitative estimate of drug-likeness (QED) is 0.820. The number of hydrogen-bond donors (Lipinski definition) is 0. The van der Waals surface area contributed by atoms with Gasteiger partial charge in [0.2, 0.25) is 0 Å². The summed E-state index contributed by atoms with van der Waals surface area (Å²) < 4.78 is 22.0. The molecule has 2 rings (SSSR count). The van der Waals surface area contributed by atoms with Crippen molar-refractivity contribution in [3.63, 3.8) is 0 Å². The Bertz CT molecular complexity index is 561. The van der Waals surface area contributed by atoms with Crippen molar-refractivity contribution in [2.75, 3.05) is 13.4 Å². The Morgan fingerprint density at radius 3 is 1.85 bits per heavy atom. The highest BCUT2D eigenvalue weighted by Crippen LogP contribution is 2.13. The third-order valence-electron chi connectivity index (χ3n) is 2.95. The topological polar surface area (TPSA) is 35.5 Å². The fourth-order valence-corrected chi connectivity index (χ4v) is 2.31. The summed E-state index contributed by atoms with van der Waals surface area (Å²) in [5.41, 5.74) is 2.18. The molecule has 1 atom stereocenters. The van der Waals surface area contributed by atoms with Crippen molar-refractivity contribution < 1.29 is 13.7 Å². The molecule has 0 aromatic heterocycles. The van der Waals surface area contributed by atoms with Gasteiger partial charge in [-0.1, -0.05) is 24.3 Å². The molecule has 0 aliphatic rings. The zero-order chi connectivity index (χ0) is 14.4. The lowest BCUT2D eigenvalue weighted by atomic mass is 10.2. The SMILES string of the molecule is COc1ccc(COCc2ccc(S(C)=O)cc2)cc1. The summed E-state index contributed by atoms with van der Waals surface area (Å²) in [5, 5.41) is 0. The van der Waals surface area contributed by atoms with Crippen LogP contribution in [0.1, 0.15) is 11.1 Å². The molecule has 0 saturated carbocycles. The van der Waals surface area contributed by atoms with Crippen LogP contribution in [-0.4, -0.2) is 17.6 Å². The molecular weight excluding hydrogens is 272 g/mol. The van der Waals surface area contributed by atoms with Crippen LogP contribution in [0.2, 0.25) is 0 Å². The van der Waals surface area contributed by atoms with E-state index < -0.39 is 10.8 Å². The molecule has 0 aliphatic carbocycles. The smallest absolute Gasteiger partial charge is 0.118 e. The van der Waals surface area contributed by atoms with E-state index in [-0.39, 0.29) is 0 Å². The molecule has 0 fully saturated rings. The highest BCUT2D eigenvalue weighted by Gasteiger charge is 1.99. The minimum atomic E-state index is -0.929. The predicted molar refractivity (Wildman–Crippen MR) is 80.3 cm³/mol. The molecule has 4 heteroatoms. The molecule has 0 aliphatic heterocycles. The van der Waals surface area contributed by atoms with Crippen molar-refractivity contribution in [2.45, 2.75) is 18.1 Å². The molecule has 20 heavy (non-hydrogen) atoms. The van der Waals surface area contributed by atoms with Crippen molar-refractivity contribution in [2.24, 2.45) is 0 Å². The van der Waals surface area contributed by atoms with Gasteiger partial charge >= 0.3 is 0 Å². The maximum Gasteiger partial charge on any atom is 0.118 e. The summed E-state index contributed by atoms with van der Waals surface area (Å²) in [5.74, 6) is 0.844. The molecule has 0 N–H and O–H groups in total. The first-order valence-corrected chi connectivity index (χ1v) is 7.88. The second-order valence-corrected chi connectivity index (χ2v) is 5.82. The molecule has 0 saturated heterocycles. The first-order valence-electron chi connectivity index (χ1n) is 6.32. The molecule has 0 bridgehead atoms. The molecule has 0 amide bonds. The van der Waals surface area contributed by atoms with Crippen LogP contribution in [-0.2, 0) is 28.8 Å². The Hall–Kier alpha value is -1.65. The van der Waals surface area contributed by atoms with Gasteiger partial charge in [0.25, 0.3) is 0 Å². The van der Waals surface area contributed by atoms with E-state index in [4.69, 9.17) is 9.47 Å². The first-order chi connectivity index (χ1) is 9.69. The van der Waals surface area contributed by atoms with Crippen molar-refractivity contribution in [1.29, 1.82) is 0 Å². The van der Waals surface area contributed by atoms with Crippen LogP contribution in [0.15, 0.2) is 53.4 Å². The number of benzene rings is 2. The van der Waals surface area contributed by atoms with Crippen molar-refractivity contribution in [3.05, 3.63) is 59.7 Å². The van der Waals surface area contributed by atoms with Crippen LogP contribution in [0.3, 0.4) is 0 Å². The molecule has 1 unspecified atom stereocenters. The Morgan fingerprint density at radius 2 is 1.40 bits per heavy atom. The normalized spacial score (nSPS) is 12.1. The molecule has 3 nitrogen and oxygen atoms in total. The Kier molecular flexibility index (Phi) is 5.32. The van der Waals surface area contributed by atoms with Gasteiger partial charge in [-0.25, -0.2) is 0 Å². The number of hydrogen-bond acceptors (Lipinski definition) is 3. The minimum Gasteiger partial charge on any atom is -0.497 e. The first kappa shape index (κ1) is 14.8. The zero-order valence-corrected chi connectivity index (χ0v) is 12.5. The van der Waals surface area contributed by atoms with Gasteiger partial charge in [0.15, 0.2) is 0 Å². The van der Waals surface area contributed by atoms with Gasteiger partial charge in [0.05, 0.1) is 20.3 Å². The minimum absolute atomic E-state index is 0.544. The van der Waals surface area contributed by atoms with Crippen molar-refractivity contribution in [1.82, 2.24) is 0 Å². The van der Waals surface area contributed by atoms with Gasteiger partial charge in [-0.3, -0.25) is 4.21 Å². The lowest BCUT2D eigenvalue weighted by Crippen LogP contribution is -1.95. The van der Waals surface area contributed by atoms with E-state index in [0.717, 1.165) is 21.8 Å². The Labute approximate surface area is 122 Å². The second kappa shape index (κ2) is 7.22. The van der Waals surface area contributed by atoms with Crippen LogP contribution in [0.25, 0.3) is 0 Å². The van der Waals surface area contributed by atoms with Gasteiger partial charge in [-0.15, -0.1) is 0 Å². The molecular formula is C16H18O3S. The van der Waals surface area contributed by atoms with Crippen LogP contribution < -0.4 is 4.74 Å². The van der Waals surface area contributed by atoms with Gasteiger partial charge < -0.3 is 9.47 Å². The summed E-state index contributed by atoms with van der Waals surface area (Å²) in [4.78, 5) is 0.837. The zero-order valence-electron chi connectivity index (χ0n) is 11.7. The average Bonchev–Trinajstić information content (AvgIpc) is 2.48. The maximum absolute atomic E-state index is 11.3. The standard InChI is InChI=1S/C16H18O3S/c1-18-15-7-3-13(4-8-15)11-19-12-14-5-9-16(10-6-14)20(2)17/h3-10H,11-12H2,1-2H3. The number of ether oxygens (including phenoxy) is 2. The fourth-order valence-electron chi connectivity index (χ4n) is 1.79. The fraction of sp³-hybridized carbons (Fsp3) is 0.250. The average molecular weight is 290 g/mol. The van der Waals surface area contributed by atoms with Gasteiger partial charge in [0.1, 0.15) is 5.75 Å². The summed E-state index contributed by atoms with van der Waals surface area (Å²) in [6.45, 7) is 1.11. The summed E-state index contributed by atoms with van der Waals surface area (Å²) in [6, 6.07) is 15.5. The Balaban J connectivity index is 1.84. The summed E-state index contributed by atoms with van der Waals surface area (Å²) in [6.07, 6.45) is 1.68. The van der Waals surface area contributed by atoms with E-state index in [9.17, 15) is 4.21 Å². The number of methoxy groups -OCH3 is 1. The lowest BCUT2D eigenvalue weighted by Gasteiger charge is -2.06. The highest BCUT2D eigenvalue weighted by atomic mass is 32.2. The monoisotopic (exact) mass is 290 g/mol. The van der Waals surface area contributed by atoms with E-state index in [1.165, 1.54) is 0 Å².